The Balaban J connectivity index is 2.24. The second-order valence-electron chi connectivity index (χ2n) is 4.71. The van der Waals surface area contributed by atoms with Crippen LogP contribution in [0.15, 0.2) is 29.1 Å². The Hall–Kier alpha value is -1.88. The maximum absolute atomic E-state index is 12.3. The van der Waals surface area contributed by atoms with E-state index in [2.05, 4.69) is 5.10 Å². The van der Waals surface area contributed by atoms with E-state index in [1.54, 1.807) is 0 Å². The normalized spacial score (nSPS) is 18.0. The summed E-state index contributed by atoms with van der Waals surface area (Å²) in [5.74, 6) is 0.811. The number of hydrogen-bond donors (Lipinski definition) is 0. The quantitative estimate of drug-likeness (QED) is 0.753. The van der Waals surface area contributed by atoms with Crippen molar-refractivity contribution < 1.29 is 4.74 Å². The molecule has 0 aliphatic carbocycles. The third-order valence-electron chi connectivity index (χ3n) is 3.05. The number of fused-ring (bicyclic) bond motifs is 1. The molecule has 0 spiro atoms. The van der Waals surface area contributed by atoms with E-state index in [1.807, 2.05) is 43.3 Å². The van der Waals surface area contributed by atoms with Gasteiger partial charge in [-0.25, -0.2) is 4.68 Å². The summed E-state index contributed by atoms with van der Waals surface area (Å²) in [7, 11) is 3.86. The molecule has 1 aromatic heterocycles. The lowest BCUT2D eigenvalue weighted by Crippen LogP contribution is -2.28. The predicted molar refractivity (Wildman–Crippen MR) is 70.1 cm³/mol. The van der Waals surface area contributed by atoms with Gasteiger partial charge in [0.1, 0.15) is 6.10 Å². The Bertz CT molecular complexity index is 644. The van der Waals surface area contributed by atoms with Gasteiger partial charge in [-0.1, -0.05) is 18.2 Å². The van der Waals surface area contributed by atoms with Gasteiger partial charge in [0.15, 0.2) is 5.82 Å². The zero-order chi connectivity index (χ0) is 12.7. The van der Waals surface area contributed by atoms with Crippen molar-refractivity contribution in [1.82, 2.24) is 9.78 Å². The minimum absolute atomic E-state index is 0.0494. The lowest BCUT2D eigenvalue weighted by Gasteiger charge is -2.16. The highest BCUT2D eigenvalue weighted by molar-refractivity contribution is 5.91. The molecule has 1 aliphatic rings. The van der Waals surface area contributed by atoms with Gasteiger partial charge in [-0.3, -0.25) is 4.79 Å². The molecule has 0 saturated carbocycles. The molecule has 1 unspecified atom stereocenters. The van der Waals surface area contributed by atoms with Crippen LogP contribution in [-0.2, 0) is 11.3 Å². The number of epoxide rings is 1. The first-order valence-corrected chi connectivity index (χ1v) is 5.95. The molecule has 0 N–H and O–H groups in total. The first-order chi connectivity index (χ1) is 8.66. The molecule has 94 valence electrons. The third-order valence-corrected chi connectivity index (χ3v) is 3.05. The van der Waals surface area contributed by atoms with Crippen LogP contribution < -0.4 is 10.5 Å². The van der Waals surface area contributed by atoms with Crippen molar-refractivity contribution in [2.24, 2.45) is 0 Å². The topological polar surface area (TPSA) is 50.7 Å². The van der Waals surface area contributed by atoms with Crippen molar-refractivity contribution in [3.8, 4) is 0 Å². The van der Waals surface area contributed by atoms with Crippen LogP contribution in [0.2, 0.25) is 0 Å². The average molecular weight is 245 g/mol. The van der Waals surface area contributed by atoms with Gasteiger partial charge >= 0.3 is 0 Å². The average Bonchev–Trinajstić information content (AvgIpc) is 3.16. The second kappa shape index (κ2) is 4.10. The summed E-state index contributed by atoms with van der Waals surface area (Å²) in [6, 6.07) is 7.57. The highest BCUT2D eigenvalue weighted by atomic mass is 16.6. The molecule has 2 aromatic rings. The fourth-order valence-electron chi connectivity index (χ4n) is 2.04. The summed E-state index contributed by atoms with van der Waals surface area (Å²) in [6.07, 6.45) is 0.145. The molecule has 5 nitrogen and oxygen atoms in total. The first kappa shape index (κ1) is 11.2. The molecule has 5 heteroatoms. The molecule has 1 fully saturated rings. The number of benzene rings is 1. The predicted octanol–water partition coefficient (Wildman–Crippen LogP) is 0.861. The van der Waals surface area contributed by atoms with Crippen molar-refractivity contribution in [3.63, 3.8) is 0 Å². The Morgan fingerprint density at radius 1 is 1.39 bits per heavy atom. The number of anilines is 1. The molecule has 1 aromatic carbocycles. The minimum atomic E-state index is -0.0494. The number of rotatable bonds is 3. The van der Waals surface area contributed by atoms with E-state index in [1.165, 1.54) is 4.68 Å². The van der Waals surface area contributed by atoms with Gasteiger partial charge in [0, 0.05) is 19.5 Å². The zero-order valence-electron chi connectivity index (χ0n) is 10.5. The van der Waals surface area contributed by atoms with Crippen LogP contribution in [0.1, 0.15) is 0 Å². The van der Waals surface area contributed by atoms with Crippen molar-refractivity contribution in [2.75, 3.05) is 25.6 Å². The highest BCUT2D eigenvalue weighted by Gasteiger charge is 2.24. The molecule has 2 heterocycles. The maximum Gasteiger partial charge on any atom is 0.274 e. The minimum Gasteiger partial charge on any atom is -0.371 e. The lowest BCUT2D eigenvalue weighted by molar-refractivity contribution is 0.369. The fourth-order valence-corrected chi connectivity index (χ4v) is 2.04. The summed E-state index contributed by atoms with van der Waals surface area (Å²) in [5.41, 5.74) is -0.0494. The lowest BCUT2D eigenvalue weighted by atomic mass is 10.2. The van der Waals surface area contributed by atoms with Crippen LogP contribution in [0, 0.1) is 0 Å². The number of nitrogens with zero attached hydrogens (tertiary/aromatic N) is 3. The van der Waals surface area contributed by atoms with Gasteiger partial charge in [-0.2, -0.15) is 5.10 Å². The van der Waals surface area contributed by atoms with E-state index in [9.17, 15) is 4.79 Å². The molecule has 1 aliphatic heterocycles. The number of ether oxygens (including phenoxy) is 1. The van der Waals surface area contributed by atoms with Crippen LogP contribution in [0.3, 0.4) is 0 Å². The monoisotopic (exact) mass is 245 g/mol. The van der Waals surface area contributed by atoms with E-state index >= 15 is 0 Å². The zero-order valence-corrected chi connectivity index (χ0v) is 10.5. The Kier molecular flexibility index (Phi) is 2.56. The van der Waals surface area contributed by atoms with Gasteiger partial charge in [-0.15, -0.1) is 0 Å². The van der Waals surface area contributed by atoms with E-state index in [-0.39, 0.29) is 11.7 Å². The van der Waals surface area contributed by atoms with Gasteiger partial charge in [0.25, 0.3) is 5.56 Å². The van der Waals surface area contributed by atoms with Crippen LogP contribution >= 0.6 is 0 Å². The van der Waals surface area contributed by atoms with E-state index in [0.29, 0.717) is 11.9 Å². The van der Waals surface area contributed by atoms with E-state index < -0.39 is 0 Å². The molecule has 0 bridgehead atoms. The van der Waals surface area contributed by atoms with Crippen molar-refractivity contribution in [2.45, 2.75) is 12.6 Å². The van der Waals surface area contributed by atoms with Crippen LogP contribution in [-0.4, -0.2) is 36.6 Å². The van der Waals surface area contributed by atoms with Crippen LogP contribution in [0.4, 0.5) is 5.82 Å². The van der Waals surface area contributed by atoms with Crippen molar-refractivity contribution in [3.05, 3.63) is 34.6 Å². The molecular formula is C13H15N3O2. The van der Waals surface area contributed by atoms with Gasteiger partial charge in [-0.05, 0) is 6.07 Å². The summed E-state index contributed by atoms with van der Waals surface area (Å²) >= 11 is 0. The fraction of sp³-hybridized carbons (Fsp3) is 0.385. The van der Waals surface area contributed by atoms with Crippen LogP contribution in [0.25, 0.3) is 10.8 Å². The molecule has 18 heavy (non-hydrogen) atoms. The Morgan fingerprint density at radius 2 is 2.06 bits per heavy atom. The molecule has 1 atom stereocenters. The number of aromatic nitrogens is 2. The molecular weight excluding hydrogens is 230 g/mol. The van der Waals surface area contributed by atoms with Crippen molar-refractivity contribution in [1.29, 1.82) is 0 Å². The number of hydrogen-bond acceptors (Lipinski definition) is 4. The SMILES string of the molecule is CN(C)c1nn(CC2CO2)c(=O)c2ccccc12. The largest absolute Gasteiger partial charge is 0.371 e. The smallest absolute Gasteiger partial charge is 0.274 e. The summed E-state index contributed by atoms with van der Waals surface area (Å²) < 4.78 is 6.68. The standard InChI is InChI=1S/C13H15N3O2/c1-15(2)12-10-5-3-4-6-11(10)13(17)16(14-12)7-9-8-18-9/h3-6,9H,7-8H2,1-2H3. The van der Waals surface area contributed by atoms with Gasteiger partial charge in [0.2, 0.25) is 0 Å². The highest BCUT2D eigenvalue weighted by Crippen LogP contribution is 2.20. The maximum atomic E-state index is 12.3. The van der Waals surface area contributed by atoms with Gasteiger partial charge < -0.3 is 9.64 Å². The molecule has 3 rings (SSSR count). The summed E-state index contributed by atoms with van der Waals surface area (Å²) in [4.78, 5) is 14.2. The Labute approximate surface area is 105 Å². The molecule has 0 radical (unpaired) electrons. The molecule has 1 saturated heterocycles. The molecule has 0 amide bonds. The van der Waals surface area contributed by atoms with Crippen molar-refractivity contribution >= 4 is 16.6 Å². The van der Waals surface area contributed by atoms with E-state index in [0.717, 1.165) is 17.8 Å². The van der Waals surface area contributed by atoms with E-state index in [4.69, 9.17) is 4.74 Å². The third kappa shape index (κ3) is 1.86. The van der Waals surface area contributed by atoms with Gasteiger partial charge in [0.05, 0.1) is 18.5 Å². The summed E-state index contributed by atoms with van der Waals surface area (Å²) in [5, 5.41) is 6.02. The summed E-state index contributed by atoms with van der Waals surface area (Å²) in [6.45, 7) is 1.25. The first-order valence-electron chi connectivity index (χ1n) is 5.95. The van der Waals surface area contributed by atoms with Crippen LogP contribution in [0.5, 0.6) is 0 Å². The second-order valence-corrected chi connectivity index (χ2v) is 4.71. The Morgan fingerprint density at radius 3 is 2.67 bits per heavy atom.